The molecule has 33 heavy (non-hydrogen) atoms. The molecule has 0 radical (unpaired) electrons. The number of phenolic OH excluding ortho intramolecular Hbond substituents is 1. The summed E-state index contributed by atoms with van der Waals surface area (Å²) < 4.78 is 0. The minimum Gasteiger partial charge on any atom is -0.505 e. The van der Waals surface area contributed by atoms with Crippen LogP contribution in [0.5, 0.6) is 5.75 Å². The van der Waals surface area contributed by atoms with Crippen LogP contribution in [0.1, 0.15) is 64.0 Å². The van der Waals surface area contributed by atoms with Crippen molar-refractivity contribution < 1.29 is 14.7 Å². The molecule has 0 saturated carbocycles. The predicted molar refractivity (Wildman–Crippen MR) is 135 cm³/mol. The van der Waals surface area contributed by atoms with Crippen molar-refractivity contribution in [1.82, 2.24) is 15.6 Å². The number of anilines is 1. The number of aromatic amines is 1. The predicted octanol–water partition coefficient (Wildman–Crippen LogP) is 6.34. The topological polar surface area (TPSA) is 106 Å². The number of fused-ring (bicyclic) bond motifs is 3. The van der Waals surface area contributed by atoms with Crippen LogP contribution in [0.3, 0.4) is 0 Å². The number of imide groups is 1. The number of unbranched alkanes of at least 4 members (excludes halogenated alkanes) is 4. The van der Waals surface area contributed by atoms with Crippen molar-refractivity contribution in [1.29, 1.82) is 0 Å². The van der Waals surface area contributed by atoms with Crippen molar-refractivity contribution in [3.63, 3.8) is 0 Å². The van der Waals surface area contributed by atoms with E-state index in [1.165, 1.54) is 19.3 Å². The van der Waals surface area contributed by atoms with Crippen LogP contribution in [0.2, 0.25) is 0 Å². The molecule has 1 aromatic heterocycles. The molecular formula is C26H36N4O3. The van der Waals surface area contributed by atoms with Gasteiger partial charge in [0, 0.05) is 22.8 Å². The number of aromatic nitrogens is 1. The molecule has 2 aromatic carbocycles. The van der Waals surface area contributed by atoms with Gasteiger partial charge in [0.1, 0.15) is 5.75 Å². The second-order valence-electron chi connectivity index (χ2n) is 9.09. The maximum Gasteiger partial charge on any atom is 0.327 e. The molecule has 0 bridgehead atoms. The number of urea groups is 2. The van der Waals surface area contributed by atoms with E-state index in [0.717, 1.165) is 52.2 Å². The zero-order valence-corrected chi connectivity index (χ0v) is 20.1. The molecule has 3 rings (SSSR count). The number of para-hydroxylation sites is 1. The molecule has 0 saturated heterocycles. The second kappa shape index (κ2) is 11.1. The fourth-order valence-corrected chi connectivity index (χ4v) is 4.19. The maximum absolute atomic E-state index is 12.6. The number of carbonyl (C=O) groups excluding carboxylic acids is 2. The smallest absolute Gasteiger partial charge is 0.327 e. The molecule has 1 heterocycles. The minimum absolute atomic E-state index is 0.0357. The molecule has 7 nitrogen and oxygen atoms in total. The average Bonchev–Trinajstić information content (AvgIpc) is 3.16. The quantitative estimate of drug-likeness (QED) is 0.193. The third-order valence-corrected chi connectivity index (χ3v) is 5.97. The Kier molecular flexibility index (Phi) is 8.20. The van der Waals surface area contributed by atoms with E-state index in [-0.39, 0.29) is 11.7 Å². The highest BCUT2D eigenvalue weighted by Crippen LogP contribution is 2.43. The lowest BCUT2D eigenvalue weighted by molar-refractivity contribution is 0.232. The number of rotatable bonds is 9. The molecule has 7 heteroatoms. The zero-order valence-electron chi connectivity index (χ0n) is 20.1. The highest BCUT2D eigenvalue weighted by atomic mass is 16.3. The Morgan fingerprint density at radius 1 is 1.06 bits per heavy atom. The normalized spacial score (nSPS) is 11.3. The Morgan fingerprint density at radius 3 is 2.52 bits per heavy atom. The number of hydrogen-bond acceptors (Lipinski definition) is 3. The number of amides is 4. The van der Waals surface area contributed by atoms with Gasteiger partial charge in [-0.15, -0.1) is 0 Å². The molecule has 0 aliphatic rings. The molecule has 0 unspecified atom stereocenters. The van der Waals surface area contributed by atoms with Crippen LogP contribution in [0.15, 0.2) is 24.3 Å². The number of aromatic hydroxyl groups is 1. The monoisotopic (exact) mass is 452 g/mol. The van der Waals surface area contributed by atoms with Gasteiger partial charge >= 0.3 is 12.1 Å². The van der Waals surface area contributed by atoms with Crippen LogP contribution < -0.4 is 16.0 Å². The number of H-pyrrole nitrogens is 1. The van der Waals surface area contributed by atoms with E-state index in [4.69, 9.17) is 0 Å². The first kappa shape index (κ1) is 24.4. The zero-order chi connectivity index (χ0) is 24.0. The Labute approximate surface area is 195 Å². The van der Waals surface area contributed by atoms with E-state index < -0.39 is 12.1 Å². The summed E-state index contributed by atoms with van der Waals surface area (Å²) in [6, 6.07) is 6.57. The highest BCUT2D eigenvalue weighted by molar-refractivity contribution is 6.19. The molecule has 3 aromatic rings. The van der Waals surface area contributed by atoms with Gasteiger partial charge in [-0.1, -0.05) is 64.7 Å². The van der Waals surface area contributed by atoms with Gasteiger partial charge in [-0.25, -0.2) is 9.59 Å². The molecular weight excluding hydrogens is 416 g/mol. The van der Waals surface area contributed by atoms with E-state index in [1.54, 1.807) is 0 Å². The standard InChI is InChI=1S/C26H36N4O3/c1-5-6-7-8-9-12-18-17(4)24(31)23(29-26(33)30-25(32)27-15-16(2)3)21-19-13-10-11-14-20(19)28-22(18)21/h10-11,13-14,16,28,31H,5-9,12,15H2,1-4H3,(H3,27,29,30,32,33). The van der Waals surface area contributed by atoms with Crippen molar-refractivity contribution >= 4 is 39.6 Å². The van der Waals surface area contributed by atoms with Gasteiger partial charge in [-0.05, 0) is 42.9 Å². The van der Waals surface area contributed by atoms with Gasteiger partial charge in [0.05, 0.1) is 11.2 Å². The molecule has 0 atom stereocenters. The molecule has 0 spiro atoms. The van der Waals surface area contributed by atoms with Crippen LogP contribution in [0, 0.1) is 12.8 Å². The van der Waals surface area contributed by atoms with Crippen LogP contribution >= 0.6 is 0 Å². The van der Waals surface area contributed by atoms with Crippen molar-refractivity contribution in [2.75, 3.05) is 11.9 Å². The van der Waals surface area contributed by atoms with E-state index >= 15 is 0 Å². The van der Waals surface area contributed by atoms with E-state index in [9.17, 15) is 14.7 Å². The summed E-state index contributed by atoms with van der Waals surface area (Å²) in [4.78, 5) is 28.1. The Bertz CT molecular complexity index is 1130. The van der Waals surface area contributed by atoms with Crippen LogP contribution in [0.4, 0.5) is 15.3 Å². The largest absolute Gasteiger partial charge is 0.505 e. The fraction of sp³-hybridized carbons (Fsp3) is 0.462. The molecule has 5 N–H and O–H groups in total. The van der Waals surface area contributed by atoms with E-state index in [1.807, 2.05) is 45.0 Å². The minimum atomic E-state index is -0.690. The molecule has 0 aliphatic heterocycles. The number of benzene rings is 2. The summed E-state index contributed by atoms with van der Waals surface area (Å²) in [7, 11) is 0. The maximum atomic E-state index is 12.6. The van der Waals surface area contributed by atoms with E-state index in [2.05, 4.69) is 27.9 Å². The van der Waals surface area contributed by atoms with Crippen LogP contribution in [0.25, 0.3) is 21.8 Å². The van der Waals surface area contributed by atoms with Gasteiger partial charge in [-0.3, -0.25) is 5.32 Å². The summed E-state index contributed by atoms with van der Waals surface area (Å²) >= 11 is 0. The first-order valence-corrected chi connectivity index (χ1v) is 11.9. The SMILES string of the molecule is CCCCCCCc1c(C)c(O)c(NC(=O)NC(=O)NCC(C)C)c2c1[nH]c1ccccc12. The number of nitrogens with one attached hydrogen (secondary N) is 4. The number of hydrogen-bond donors (Lipinski definition) is 5. The van der Waals surface area contributed by atoms with Gasteiger partial charge in [-0.2, -0.15) is 0 Å². The Morgan fingerprint density at radius 2 is 1.79 bits per heavy atom. The van der Waals surface area contributed by atoms with E-state index in [0.29, 0.717) is 12.2 Å². The van der Waals surface area contributed by atoms with Crippen molar-refractivity contribution in [3.05, 3.63) is 35.4 Å². The van der Waals surface area contributed by atoms with Crippen molar-refractivity contribution in [2.45, 2.75) is 66.2 Å². The van der Waals surface area contributed by atoms with Crippen molar-refractivity contribution in [2.24, 2.45) is 5.92 Å². The van der Waals surface area contributed by atoms with Gasteiger partial charge < -0.3 is 20.7 Å². The number of phenols is 1. The summed E-state index contributed by atoms with van der Waals surface area (Å²) in [5.74, 6) is 0.305. The van der Waals surface area contributed by atoms with Crippen LogP contribution in [-0.4, -0.2) is 28.7 Å². The van der Waals surface area contributed by atoms with Crippen LogP contribution in [-0.2, 0) is 6.42 Å². The summed E-state index contributed by atoms with van der Waals surface area (Å²) in [5.41, 5.74) is 3.97. The Hall–Kier alpha value is -3.22. The van der Waals surface area contributed by atoms with Gasteiger partial charge in [0.15, 0.2) is 0 Å². The van der Waals surface area contributed by atoms with Gasteiger partial charge in [0.2, 0.25) is 0 Å². The molecule has 0 fully saturated rings. The molecule has 0 aliphatic carbocycles. The average molecular weight is 453 g/mol. The second-order valence-corrected chi connectivity index (χ2v) is 9.09. The Balaban J connectivity index is 1.94. The lowest BCUT2D eigenvalue weighted by Gasteiger charge is -2.16. The van der Waals surface area contributed by atoms with Gasteiger partial charge in [0.25, 0.3) is 0 Å². The molecule has 4 amide bonds. The first-order valence-electron chi connectivity index (χ1n) is 11.9. The highest BCUT2D eigenvalue weighted by Gasteiger charge is 2.22. The summed E-state index contributed by atoms with van der Waals surface area (Å²) in [5, 5.41) is 20.4. The number of carbonyl (C=O) groups is 2. The lowest BCUT2D eigenvalue weighted by Crippen LogP contribution is -2.42. The molecule has 178 valence electrons. The fourth-order valence-electron chi connectivity index (χ4n) is 4.19. The first-order chi connectivity index (χ1) is 15.8. The lowest BCUT2D eigenvalue weighted by atomic mass is 9.96. The summed E-state index contributed by atoms with van der Waals surface area (Å²) in [6.07, 6.45) is 6.66. The third-order valence-electron chi connectivity index (χ3n) is 5.97. The third kappa shape index (κ3) is 5.78. The van der Waals surface area contributed by atoms with Crippen molar-refractivity contribution in [3.8, 4) is 5.75 Å². The summed E-state index contributed by atoms with van der Waals surface area (Å²) in [6.45, 7) is 8.48. The number of aryl methyl sites for hydroxylation is 1.